The van der Waals surface area contributed by atoms with Gasteiger partial charge in [0, 0.05) is 27.4 Å². The zero-order valence-electron chi connectivity index (χ0n) is 14.6. The van der Waals surface area contributed by atoms with Crippen LogP contribution in [0, 0.1) is 3.57 Å². The predicted octanol–water partition coefficient (Wildman–Crippen LogP) is 4.06. The van der Waals surface area contributed by atoms with Crippen LogP contribution in [0.1, 0.15) is 24.2 Å². The lowest BCUT2D eigenvalue weighted by molar-refractivity contribution is 0.0950. The fourth-order valence-electron chi connectivity index (χ4n) is 2.99. The van der Waals surface area contributed by atoms with Crippen LogP contribution in [0.5, 0.6) is 0 Å². The number of hydrogen-bond acceptors (Lipinski definition) is 3. The summed E-state index contributed by atoms with van der Waals surface area (Å²) in [6, 6.07) is 14.1. The molecule has 1 N–H and O–H groups in total. The molecule has 2 aromatic carbocycles. The first-order valence-electron chi connectivity index (χ1n) is 8.62. The average Bonchev–Trinajstić information content (AvgIpc) is 2.62. The van der Waals surface area contributed by atoms with Gasteiger partial charge in [-0.25, -0.2) is 4.98 Å². The number of carbonyl (C=O) groups is 1. The van der Waals surface area contributed by atoms with Gasteiger partial charge in [0.15, 0.2) is 0 Å². The Hall–Kier alpha value is -1.73. The molecule has 1 amide bonds. The number of rotatable bonds is 6. The number of likely N-dealkylation sites (N-methyl/N-ethyl adjacent to an activating group) is 1. The Kier molecular flexibility index (Phi) is 5.86. The molecule has 0 aliphatic heterocycles. The van der Waals surface area contributed by atoms with Crippen molar-refractivity contribution in [2.75, 3.05) is 26.2 Å². The molecule has 0 spiro atoms. The maximum absolute atomic E-state index is 12.7. The van der Waals surface area contributed by atoms with Crippen molar-refractivity contribution in [3.05, 3.63) is 51.6 Å². The molecule has 0 atom stereocenters. The highest BCUT2D eigenvalue weighted by molar-refractivity contribution is 14.1. The summed E-state index contributed by atoms with van der Waals surface area (Å²) in [7, 11) is 0. The number of nitrogens with one attached hydrogen (secondary N) is 1. The topological polar surface area (TPSA) is 45.2 Å². The van der Waals surface area contributed by atoms with Crippen LogP contribution in [-0.2, 0) is 0 Å². The van der Waals surface area contributed by atoms with Gasteiger partial charge in [-0.2, -0.15) is 0 Å². The summed E-state index contributed by atoms with van der Waals surface area (Å²) in [4.78, 5) is 19.8. The van der Waals surface area contributed by atoms with Gasteiger partial charge in [-0.05, 0) is 59.9 Å². The fraction of sp³-hybridized carbons (Fsp3) is 0.300. The molecule has 5 heteroatoms. The van der Waals surface area contributed by atoms with Crippen LogP contribution in [-0.4, -0.2) is 42.0 Å². The summed E-state index contributed by atoms with van der Waals surface area (Å²) in [5, 5.41) is 5.13. The number of halogens is 1. The van der Waals surface area contributed by atoms with Crippen molar-refractivity contribution in [1.82, 2.24) is 15.2 Å². The highest BCUT2D eigenvalue weighted by Gasteiger charge is 2.13. The van der Waals surface area contributed by atoms with E-state index in [-0.39, 0.29) is 5.91 Å². The molecule has 0 unspecified atom stereocenters. The third-order valence-corrected chi connectivity index (χ3v) is 5.06. The largest absolute Gasteiger partial charge is 0.351 e. The normalized spacial score (nSPS) is 11.4. The van der Waals surface area contributed by atoms with Crippen molar-refractivity contribution in [2.24, 2.45) is 0 Å². The smallest absolute Gasteiger partial charge is 0.253 e. The molecule has 0 aliphatic rings. The van der Waals surface area contributed by atoms with Crippen LogP contribution >= 0.6 is 22.6 Å². The van der Waals surface area contributed by atoms with Crippen molar-refractivity contribution in [2.45, 2.75) is 13.8 Å². The predicted molar refractivity (Wildman–Crippen MR) is 112 cm³/mol. The summed E-state index contributed by atoms with van der Waals surface area (Å²) in [5.74, 6) is -0.0570. The van der Waals surface area contributed by atoms with Gasteiger partial charge in [0.05, 0.1) is 16.6 Å². The molecule has 4 nitrogen and oxygen atoms in total. The second kappa shape index (κ2) is 8.10. The van der Waals surface area contributed by atoms with Gasteiger partial charge in [-0.1, -0.05) is 32.0 Å². The summed E-state index contributed by atoms with van der Waals surface area (Å²) >= 11 is 2.25. The second-order valence-corrected chi connectivity index (χ2v) is 7.23. The van der Waals surface area contributed by atoms with Gasteiger partial charge in [0.1, 0.15) is 0 Å². The summed E-state index contributed by atoms with van der Waals surface area (Å²) < 4.78 is 1.04. The number of hydrogen-bond donors (Lipinski definition) is 1. The van der Waals surface area contributed by atoms with Crippen LogP contribution in [0.4, 0.5) is 0 Å². The first-order chi connectivity index (χ1) is 12.1. The maximum atomic E-state index is 12.7. The average molecular weight is 447 g/mol. The van der Waals surface area contributed by atoms with Crippen molar-refractivity contribution >= 4 is 50.3 Å². The Labute approximate surface area is 161 Å². The monoisotopic (exact) mass is 447 g/mol. The van der Waals surface area contributed by atoms with Crippen LogP contribution in [0.3, 0.4) is 0 Å². The van der Waals surface area contributed by atoms with Crippen molar-refractivity contribution in [1.29, 1.82) is 0 Å². The Morgan fingerprint density at radius 2 is 1.88 bits per heavy atom. The van der Waals surface area contributed by atoms with Crippen LogP contribution in [0.2, 0.25) is 0 Å². The van der Waals surface area contributed by atoms with Crippen molar-refractivity contribution in [3.63, 3.8) is 0 Å². The minimum Gasteiger partial charge on any atom is -0.351 e. The maximum Gasteiger partial charge on any atom is 0.253 e. The van der Waals surface area contributed by atoms with Crippen LogP contribution < -0.4 is 5.32 Å². The van der Waals surface area contributed by atoms with E-state index in [0.29, 0.717) is 12.1 Å². The van der Waals surface area contributed by atoms with E-state index in [1.165, 1.54) is 0 Å². The van der Waals surface area contributed by atoms with Crippen molar-refractivity contribution < 1.29 is 4.79 Å². The van der Waals surface area contributed by atoms with Gasteiger partial charge in [0.25, 0.3) is 5.91 Å². The number of aromatic nitrogens is 1. The van der Waals surface area contributed by atoms with E-state index in [0.717, 1.165) is 45.0 Å². The Morgan fingerprint density at radius 3 is 2.64 bits per heavy atom. The van der Waals surface area contributed by atoms with Gasteiger partial charge < -0.3 is 10.2 Å². The highest BCUT2D eigenvalue weighted by Crippen LogP contribution is 2.25. The van der Waals surface area contributed by atoms with E-state index >= 15 is 0 Å². The molecule has 0 aliphatic carbocycles. The van der Waals surface area contributed by atoms with Gasteiger partial charge in [0.2, 0.25) is 0 Å². The molecule has 1 aromatic heterocycles. The summed E-state index contributed by atoms with van der Waals surface area (Å²) in [6.07, 6.45) is 0. The molecule has 25 heavy (non-hydrogen) atoms. The first-order valence-corrected chi connectivity index (χ1v) is 9.69. The molecule has 0 radical (unpaired) electrons. The molecule has 0 saturated heterocycles. The Morgan fingerprint density at radius 1 is 1.12 bits per heavy atom. The quantitative estimate of drug-likeness (QED) is 0.458. The number of benzene rings is 2. The molecule has 3 rings (SSSR count). The lowest BCUT2D eigenvalue weighted by Crippen LogP contribution is -2.34. The van der Waals surface area contributed by atoms with E-state index in [1.54, 1.807) is 0 Å². The molecule has 3 aromatic rings. The Balaban J connectivity index is 1.91. The van der Waals surface area contributed by atoms with Crippen LogP contribution in [0.15, 0.2) is 42.5 Å². The minimum atomic E-state index is -0.0570. The lowest BCUT2D eigenvalue weighted by Gasteiger charge is -2.18. The first kappa shape index (κ1) is 18.1. The van der Waals surface area contributed by atoms with E-state index in [4.69, 9.17) is 4.98 Å². The van der Waals surface area contributed by atoms with Gasteiger partial charge >= 0.3 is 0 Å². The van der Waals surface area contributed by atoms with Gasteiger partial charge in [-0.3, -0.25) is 4.79 Å². The van der Waals surface area contributed by atoms with E-state index in [2.05, 4.69) is 58.8 Å². The lowest BCUT2D eigenvalue weighted by atomic mass is 10.1. The Bertz CT molecular complexity index is 906. The third-order valence-electron chi connectivity index (χ3n) is 4.44. The SMILES string of the molecule is CCN(CC)CCNC(=O)c1cc(I)cc2cc3ccccc3nc12. The highest BCUT2D eigenvalue weighted by atomic mass is 127. The molecular weight excluding hydrogens is 425 g/mol. The van der Waals surface area contributed by atoms with E-state index < -0.39 is 0 Å². The third kappa shape index (κ3) is 4.10. The molecule has 130 valence electrons. The number of para-hydroxylation sites is 1. The standard InChI is InChI=1S/C20H22IN3O/c1-3-24(4-2)10-9-22-20(25)17-13-16(21)12-15-11-14-7-5-6-8-18(14)23-19(15)17/h5-8,11-13H,3-4,9-10H2,1-2H3,(H,22,25). The zero-order chi connectivity index (χ0) is 17.8. The molecule has 0 fully saturated rings. The second-order valence-electron chi connectivity index (χ2n) is 5.99. The fourth-order valence-corrected chi connectivity index (χ4v) is 3.64. The summed E-state index contributed by atoms with van der Waals surface area (Å²) in [6.45, 7) is 7.75. The number of fused-ring (bicyclic) bond motifs is 2. The number of pyridine rings is 1. The van der Waals surface area contributed by atoms with E-state index in [1.807, 2.05) is 30.3 Å². The molecule has 0 bridgehead atoms. The number of carbonyl (C=O) groups excluding carboxylic acids is 1. The number of amides is 1. The zero-order valence-corrected chi connectivity index (χ0v) is 16.7. The van der Waals surface area contributed by atoms with Crippen LogP contribution in [0.25, 0.3) is 21.8 Å². The molecular formula is C20H22IN3O. The van der Waals surface area contributed by atoms with Crippen molar-refractivity contribution in [3.8, 4) is 0 Å². The number of nitrogens with zero attached hydrogens (tertiary/aromatic N) is 2. The summed E-state index contributed by atoms with van der Waals surface area (Å²) in [5.41, 5.74) is 2.32. The molecule has 0 saturated carbocycles. The minimum absolute atomic E-state index is 0.0570. The molecule has 1 heterocycles. The van der Waals surface area contributed by atoms with Gasteiger partial charge in [-0.15, -0.1) is 0 Å². The van der Waals surface area contributed by atoms with E-state index in [9.17, 15) is 4.79 Å².